The van der Waals surface area contributed by atoms with Gasteiger partial charge in [-0.25, -0.2) is 0 Å². The Labute approximate surface area is 95.6 Å². The molecule has 0 atom stereocenters. The zero-order valence-corrected chi connectivity index (χ0v) is 10.9. The third kappa shape index (κ3) is 3.37. The fraction of sp³-hybridized carbons (Fsp3) is 0.444. The summed E-state index contributed by atoms with van der Waals surface area (Å²) < 4.78 is 2.06. The molecule has 0 N–H and O–H groups in total. The van der Waals surface area contributed by atoms with Gasteiger partial charge in [0.2, 0.25) is 0 Å². The van der Waals surface area contributed by atoms with Gasteiger partial charge in [0.1, 0.15) is 0 Å². The molecule has 0 radical (unpaired) electrons. The van der Waals surface area contributed by atoms with Gasteiger partial charge in [-0.15, -0.1) is 0 Å². The highest BCUT2D eigenvalue weighted by Gasteiger charge is 2.04. The third-order valence-corrected chi connectivity index (χ3v) is 2.96. The molecule has 1 heterocycles. The average Bonchev–Trinajstić information content (AvgIpc) is 2.09. The zero-order chi connectivity index (χ0) is 9.84. The van der Waals surface area contributed by atoms with Crippen molar-refractivity contribution in [1.29, 1.82) is 0 Å². The van der Waals surface area contributed by atoms with E-state index in [0.29, 0.717) is 0 Å². The molecule has 0 aromatic carbocycles. The molecule has 72 valence electrons. The standard InChI is InChI=1S/C9H12Br2N2/c1-3-13(2)6-9-8(11)4-7(10)5-12-9/h4-5H,3,6H2,1-2H3. The van der Waals surface area contributed by atoms with Gasteiger partial charge in [0.05, 0.1) is 5.69 Å². The summed E-state index contributed by atoms with van der Waals surface area (Å²) in [6.07, 6.45) is 1.82. The lowest BCUT2D eigenvalue weighted by Crippen LogP contribution is -2.17. The van der Waals surface area contributed by atoms with E-state index in [4.69, 9.17) is 0 Å². The minimum Gasteiger partial charge on any atom is -0.301 e. The molecule has 0 fully saturated rings. The van der Waals surface area contributed by atoms with Gasteiger partial charge in [0.25, 0.3) is 0 Å². The van der Waals surface area contributed by atoms with Crippen molar-refractivity contribution in [2.75, 3.05) is 13.6 Å². The Kier molecular flexibility index (Phi) is 4.35. The van der Waals surface area contributed by atoms with Gasteiger partial charge in [0, 0.05) is 21.7 Å². The molecule has 2 nitrogen and oxygen atoms in total. The summed E-state index contributed by atoms with van der Waals surface area (Å²) in [5.41, 5.74) is 1.08. The van der Waals surface area contributed by atoms with Crippen LogP contribution in [-0.2, 0) is 6.54 Å². The van der Waals surface area contributed by atoms with E-state index in [1.165, 1.54) is 0 Å². The smallest absolute Gasteiger partial charge is 0.0686 e. The van der Waals surface area contributed by atoms with Gasteiger partial charge < -0.3 is 4.90 Å². The van der Waals surface area contributed by atoms with Crippen molar-refractivity contribution >= 4 is 31.9 Å². The number of pyridine rings is 1. The fourth-order valence-corrected chi connectivity index (χ4v) is 2.04. The molecule has 1 rings (SSSR count). The number of halogens is 2. The van der Waals surface area contributed by atoms with Crippen molar-refractivity contribution in [2.24, 2.45) is 0 Å². The summed E-state index contributed by atoms with van der Waals surface area (Å²) in [6.45, 7) is 4.04. The maximum absolute atomic E-state index is 4.33. The first-order valence-corrected chi connectivity index (χ1v) is 5.70. The van der Waals surface area contributed by atoms with Crippen LogP contribution in [-0.4, -0.2) is 23.5 Å². The number of nitrogens with zero attached hydrogens (tertiary/aromatic N) is 2. The van der Waals surface area contributed by atoms with Gasteiger partial charge in [0.15, 0.2) is 0 Å². The van der Waals surface area contributed by atoms with Crippen molar-refractivity contribution in [3.05, 3.63) is 26.9 Å². The van der Waals surface area contributed by atoms with Crippen molar-refractivity contribution < 1.29 is 0 Å². The number of rotatable bonds is 3. The summed E-state index contributed by atoms with van der Waals surface area (Å²) in [5, 5.41) is 0. The van der Waals surface area contributed by atoms with Crippen molar-refractivity contribution in [3.63, 3.8) is 0 Å². The van der Waals surface area contributed by atoms with Crippen molar-refractivity contribution in [3.8, 4) is 0 Å². The lowest BCUT2D eigenvalue weighted by molar-refractivity contribution is 0.340. The Morgan fingerprint density at radius 2 is 2.15 bits per heavy atom. The Morgan fingerprint density at radius 3 is 2.69 bits per heavy atom. The lowest BCUT2D eigenvalue weighted by atomic mass is 10.3. The van der Waals surface area contributed by atoms with E-state index in [2.05, 4.69) is 55.7 Å². The first-order chi connectivity index (χ1) is 6.13. The molecule has 0 saturated heterocycles. The highest BCUT2D eigenvalue weighted by Crippen LogP contribution is 2.20. The van der Waals surface area contributed by atoms with Crippen LogP contribution in [0.25, 0.3) is 0 Å². The third-order valence-electron chi connectivity index (χ3n) is 1.84. The van der Waals surface area contributed by atoms with Crippen LogP contribution in [0.5, 0.6) is 0 Å². The predicted molar refractivity (Wildman–Crippen MR) is 61.6 cm³/mol. The topological polar surface area (TPSA) is 16.1 Å². The minimum absolute atomic E-state index is 0.879. The molecule has 0 aliphatic rings. The largest absolute Gasteiger partial charge is 0.301 e. The Balaban J connectivity index is 2.77. The minimum atomic E-state index is 0.879. The number of aromatic nitrogens is 1. The van der Waals surface area contributed by atoms with E-state index in [0.717, 1.165) is 27.7 Å². The lowest BCUT2D eigenvalue weighted by Gasteiger charge is -2.13. The molecule has 1 aromatic rings. The highest BCUT2D eigenvalue weighted by atomic mass is 79.9. The average molecular weight is 308 g/mol. The molecule has 1 aromatic heterocycles. The van der Waals surface area contributed by atoms with Crippen LogP contribution in [0, 0.1) is 0 Å². The van der Waals surface area contributed by atoms with Crippen LogP contribution in [0.2, 0.25) is 0 Å². The van der Waals surface area contributed by atoms with Crippen LogP contribution in [0.4, 0.5) is 0 Å². The Hall–Kier alpha value is 0.0700. The van der Waals surface area contributed by atoms with E-state index in [1.54, 1.807) is 0 Å². The molecule has 0 aliphatic heterocycles. The van der Waals surface area contributed by atoms with Gasteiger partial charge >= 0.3 is 0 Å². The quantitative estimate of drug-likeness (QED) is 0.853. The van der Waals surface area contributed by atoms with E-state index >= 15 is 0 Å². The van der Waals surface area contributed by atoms with Crippen LogP contribution in [0.1, 0.15) is 12.6 Å². The van der Waals surface area contributed by atoms with Crippen LogP contribution in [0.3, 0.4) is 0 Å². The summed E-state index contributed by atoms with van der Waals surface area (Å²) in [6, 6.07) is 2.02. The SMILES string of the molecule is CCN(C)Cc1ncc(Br)cc1Br. The van der Waals surface area contributed by atoms with Crippen molar-refractivity contribution in [1.82, 2.24) is 9.88 Å². The van der Waals surface area contributed by atoms with Gasteiger partial charge in [-0.1, -0.05) is 6.92 Å². The molecule has 0 amide bonds. The number of hydrogen-bond donors (Lipinski definition) is 0. The summed E-state index contributed by atoms with van der Waals surface area (Å²) >= 11 is 6.86. The molecule has 0 unspecified atom stereocenters. The molecule has 4 heteroatoms. The van der Waals surface area contributed by atoms with Crippen LogP contribution >= 0.6 is 31.9 Å². The monoisotopic (exact) mass is 306 g/mol. The first kappa shape index (κ1) is 11.1. The molecule has 0 aliphatic carbocycles. The highest BCUT2D eigenvalue weighted by molar-refractivity contribution is 9.11. The molecule has 13 heavy (non-hydrogen) atoms. The van der Waals surface area contributed by atoms with E-state index in [9.17, 15) is 0 Å². The van der Waals surface area contributed by atoms with Gasteiger partial charge in [-0.3, -0.25) is 4.98 Å². The Bertz CT molecular complexity index is 289. The zero-order valence-electron chi connectivity index (χ0n) is 7.72. The maximum atomic E-state index is 4.33. The molecular formula is C9H12Br2N2. The number of hydrogen-bond acceptors (Lipinski definition) is 2. The van der Waals surface area contributed by atoms with Gasteiger partial charge in [-0.05, 0) is 51.5 Å². The van der Waals surface area contributed by atoms with Crippen LogP contribution < -0.4 is 0 Å². The first-order valence-electron chi connectivity index (χ1n) is 4.12. The normalized spacial score (nSPS) is 10.8. The summed E-state index contributed by atoms with van der Waals surface area (Å²) in [4.78, 5) is 6.54. The molecule has 0 spiro atoms. The summed E-state index contributed by atoms with van der Waals surface area (Å²) in [5.74, 6) is 0. The van der Waals surface area contributed by atoms with Gasteiger partial charge in [-0.2, -0.15) is 0 Å². The second kappa shape index (κ2) is 5.08. The van der Waals surface area contributed by atoms with Crippen molar-refractivity contribution in [2.45, 2.75) is 13.5 Å². The van der Waals surface area contributed by atoms with E-state index in [1.807, 2.05) is 12.3 Å². The van der Waals surface area contributed by atoms with E-state index in [-0.39, 0.29) is 0 Å². The maximum Gasteiger partial charge on any atom is 0.0686 e. The second-order valence-corrected chi connectivity index (χ2v) is 4.68. The fourth-order valence-electron chi connectivity index (χ4n) is 0.927. The predicted octanol–water partition coefficient (Wildman–Crippen LogP) is 3.06. The van der Waals surface area contributed by atoms with Crippen LogP contribution in [0.15, 0.2) is 21.2 Å². The van der Waals surface area contributed by atoms with E-state index < -0.39 is 0 Å². The molecular weight excluding hydrogens is 296 g/mol. The second-order valence-electron chi connectivity index (χ2n) is 2.91. The molecule has 0 saturated carbocycles. The molecule has 0 bridgehead atoms. The Morgan fingerprint density at radius 1 is 1.46 bits per heavy atom. The summed E-state index contributed by atoms with van der Waals surface area (Å²) in [7, 11) is 2.08.